The fourth-order valence-corrected chi connectivity index (χ4v) is 4.19. The van der Waals surface area contributed by atoms with Crippen LogP contribution in [0.1, 0.15) is 68.6 Å². The highest BCUT2D eigenvalue weighted by Crippen LogP contribution is 2.40. The minimum atomic E-state index is -4.48. The Kier molecular flexibility index (Phi) is 6.64. The van der Waals surface area contributed by atoms with E-state index >= 15 is 0 Å². The maximum Gasteiger partial charge on any atom is 0.417 e. The van der Waals surface area contributed by atoms with Crippen LogP contribution in [0.3, 0.4) is 0 Å². The maximum absolute atomic E-state index is 13.8. The summed E-state index contributed by atoms with van der Waals surface area (Å²) in [6.07, 6.45) is 5.24. The number of hydrogen-bond donors (Lipinski definition) is 1. The molecule has 0 aromatic heterocycles. The molecule has 0 saturated carbocycles. The minimum Gasteiger partial charge on any atom is -0.481 e. The van der Waals surface area contributed by atoms with Crippen molar-refractivity contribution >= 4 is 17.8 Å². The molecule has 0 saturated heterocycles. The molecule has 1 aromatic rings. The molecule has 3 nitrogen and oxygen atoms in total. The van der Waals surface area contributed by atoms with Crippen molar-refractivity contribution in [3.05, 3.63) is 64.3 Å². The summed E-state index contributed by atoms with van der Waals surface area (Å²) < 4.78 is 41.5. The average Bonchev–Trinajstić information content (AvgIpc) is 3.01. The van der Waals surface area contributed by atoms with E-state index in [-0.39, 0.29) is 23.9 Å². The first-order valence-corrected chi connectivity index (χ1v) is 10.3. The van der Waals surface area contributed by atoms with Crippen molar-refractivity contribution in [3.8, 4) is 0 Å². The van der Waals surface area contributed by atoms with Gasteiger partial charge >= 0.3 is 12.1 Å². The van der Waals surface area contributed by atoms with E-state index in [4.69, 9.17) is 0 Å². The molecule has 0 bridgehead atoms. The third-order valence-electron chi connectivity index (χ3n) is 5.81. The fourth-order valence-electron chi connectivity index (χ4n) is 4.19. The molecule has 1 heterocycles. The van der Waals surface area contributed by atoms with Gasteiger partial charge in [-0.05, 0) is 71.6 Å². The molecule has 3 rings (SSSR count). The van der Waals surface area contributed by atoms with E-state index in [1.165, 1.54) is 6.07 Å². The second kappa shape index (κ2) is 9.02. The zero-order chi connectivity index (χ0) is 21.9. The van der Waals surface area contributed by atoms with Crippen molar-refractivity contribution in [2.45, 2.75) is 64.1 Å². The lowest BCUT2D eigenvalue weighted by atomic mass is 9.86. The largest absolute Gasteiger partial charge is 0.481 e. The number of carboxylic acids is 1. The zero-order valence-electron chi connectivity index (χ0n) is 17.2. The number of fused-ring (bicyclic) bond motifs is 1. The van der Waals surface area contributed by atoms with Crippen LogP contribution in [-0.2, 0) is 11.0 Å². The number of rotatable bonds is 6. The van der Waals surface area contributed by atoms with Gasteiger partial charge in [-0.25, -0.2) is 0 Å². The monoisotopic (exact) mass is 417 g/mol. The molecule has 1 atom stereocenters. The maximum atomic E-state index is 13.8. The Morgan fingerprint density at radius 1 is 1.27 bits per heavy atom. The predicted molar refractivity (Wildman–Crippen MR) is 113 cm³/mol. The van der Waals surface area contributed by atoms with E-state index in [0.29, 0.717) is 29.6 Å². The number of nitrogens with zero attached hydrogens (tertiary/aromatic N) is 1. The van der Waals surface area contributed by atoms with Crippen LogP contribution < -0.4 is 0 Å². The molecular formula is C24H26F3NO2. The van der Waals surface area contributed by atoms with Gasteiger partial charge in [0.25, 0.3) is 0 Å². The van der Waals surface area contributed by atoms with Gasteiger partial charge in [-0.15, -0.1) is 0 Å². The van der Waals surface area contributed by atoms with E-state index in [2.05, 4.69) is 4.99 Å². The van der Waals surface area contributed by atoms with E-state index in [1.54, 1.807) is 30.5 Å². The highest BCUT2D eigenvalue weighted by Gasteiger charge is 2.34. The second-order valence-corrected chi connectivity index (χ2v) is 7.74. The van der Waals surface area contributed by atoms with Crippen molar-refractivity contribution in [2.24, 2.45) is 4.99 Å². The fraction of sp³-hybridized carbons (Fsp3) is 0.417. The van der Waals surface area contributed by atoms with E-state index in [1.807, 2.05) is 19.9 Å². The quantitative estimate of drug-likeness (QED) is 0.569. The van der Waals surface area contributed by atoms with E-state index < -0.39 is 17.7 Å². The van der Waals surface area contributed by atoms with Gasteiger partial charge in [0.15, 0.2) is 0 Å². The third-order valence-corrected chi connectivity index (χ3v) is 5.81. The topological polar surface area (TPSA) is 49.7 Å². The van der Waals surface area contributed by atoms with Gasteiger partial charge in [-0.2, -0.15) is 13.2 Å². The van der Waals surface area contributed by atoms with Crippen LogP contribution in [-0.4, -0.2) is 23.3 Å². The molecule has 1 aromatic carbocycles. The van der Waals surface area contributed by atoms with Crippen LogP contribution in [0.4, 0.5) is 13.2 Å². The Hall–Kier alpha value is -2.63. The first-order chi connectivity index (χ1) is 14.2. The van der Waals surface area contributed by atoms with Crippen molar-refractivity contribution in [1.82, 2.24) is 0 Å². The highest BCUT2D eigenvalue weighted by atomic mass is 19.4. The molecule has 160 valence electrons. The number of hydrogen-bond acceptors (Lipinski definition) is 2. The molecule has 0 amide bonds. The summed E-state index contributed by atoms with van der Waals surface area (Å²) in [5.41, 5.74) is 2.06. The van der Waals surface area contributed by atoms with Crippen LogP contribution >= 0.6 is 0 Å². The number of carboxylic acid groups (broad SMARTS) is 1. The number of aliphatic imine (C=N–C) groups is 1. The number of halogens is 3. The Bertz CT molecular complexity index is 934. The van der Waals surface area contributed by atoms with E-state index in [0.717, 1.165) is 18.4 Å². The summed E-state index contributed by atoms with van der Waals surface area (Å²) in [5, 5.41) is 9.20. The van der Waals surface area contributed by atoms with Gasteiger partial charge in [0.2, 0.25) is 0 Å². The number of aliphatic carboxylic acids is 1. The first kappa shape index (κ1) is 22.1. The molecule has 0 radical (unpaired) electrons. The van der Waals surface area contributed by atoms with Crippen LogP contribution in [0.15, 0.2) is 52.6 Å². The smallest absolute Gasteiger partial charge is 0.417 e. The lowest BCUT2D eigenvalue weighted by Crippen LogP contribution is -2.12. The third kappa shape index (κ3) is 4.74. The molecule has 0 fully saturated rings. The molecule has 1 aliphatic carbocycles. The summed E-state index contributed by atoms with van der Waals surface area (Å²) in [5.74, 6) is -0.794. The van der Waals surface area contributed by atoms with Gasteiger partial charge < -0.3 is 5.11 Å². The number of alkyl halides is 3. The Morgan fingerprint density at radius 2 is 2.00 bits per heavy atom. The van der Waals surface area contributed by atoms with Crippen LogP contribution in [0.2, 0.25) is 0 Å². The standard InChI is InChI=1S/C24H26F3NO2/c1-3-15(4-2)16-9-10-21(24(25,26)27)19(11-16)17-7-5-6-8-22-20(12-17)18(14-28-22)13-23(29)30/h5,7,9-12,14-15,22H,3-4,6,8,13H2,1-2H3,(H,29,30)/b7-5-,17-12+. The molecule has 1 aliphatic heterocycles. The summed E-state index contributed by atoms with van der Waals surface area (Å²) >= 11 is 0. The summed E-state index contributed by atoms with van der Waals surface area (Å²) in [6, 6.07) is 4.19. The van der Waals surface area contributed by atoms with Gasteiger partial charge in [-0.3, -0.25) is 9.79 Å². The molecule has 6 heteroatoms. The number of carbonyl (C=O) groups is 1. The summed E-state index contributed by atoms with van der Waals surface area (Å²) in [6.45, 7) is 4.06. The minimum absolute atomic E-state index is 0.137. The van der Waals surface area contributed by atoms with Crippen molar-refractivity contribution in [1.29, 1.82) is 0 Å². The first-order valence-electron chi connectivity index (χ1n) is 10.3. The highest BCUT2D eigenvalue weighted by molar-refractivity contribution is 5.92. The Labute approximate surface area is 174 Å². The number of allylic oxidation sites excluding steroid dienone is 3. The molecule has 2 aliphatic rings. The molecule has 30 heavy (non-hydrogen) atoms. The predicted octanol–water partition coefficient (Wildman–Crippen LogP) is 6.57. The molecule has 1 N–H and O–H groups in total. The molecule has 1 unspecified atom stereocenters. The van der Waals surface area contributed by atoms with Gasteiger partial charge in [-0.1, -0.05) is 38.1 Å². The van der Waals surface area contributed by atoms with E-state index in [9.17, 15) is 23.1 Å². The van der Waals surface area contributed by atoms with Crippen LogP contribution in [0, 0.1) is 0 Å². The number of benzene rings is 1. The van der Waals surface area contributed by atoms with Crippen molar-refractivity contribution < 1.29 is 23.1 Å². The van der Waals surface area contributed by atoms with Crippen LogP contribution in [0.25, 0.3) is 5.57 Å². The summed E-state index contributed by atoms with van der Waals surface area (Å²) in [7, 11) is 0. The molecule has 0 spiro atoms. The average molecular weight is 417 g/mol. The van der Waals surface area contributed by atoms with Gasteiger partial charge in [0, 0.05) is 6.21 Å². The molecular weight excluding hydrogens is 391 g/mol. The van der Waals surface area contributed by atoms with Gasteiger partial charge in [0.05, 0.1) is 18.0 Å². The Morgan fingerprint density at radius 3 is 2.63 bits per heavy atom. The lowest BCUT2D eigenvalue weighted by molar-refractivity contribution is -0.138. The summed E-state index contributed by atoms with van der Waals surface area (Å²) in [4.78, 5) is 15.6. The Balaban J connectivity index is 2.19. The SMILES string of the molecule is CCC(CC)c1ccc(C(F)(F)F)c(C2=C/C3=C(CC(=O)O)C=NC3CC/C=C\2)c1. The van der Waals surface area contributed by atoms with Crippen molar-refractivity contribution in [3.63, 3.8) is 0 Å². The lowest BCUT2D eigenvalue weighted by Gasteiger charge is -2.21. The second-order valence-electron chi connectivity index (χ2n) is 7.74. The van der Waals surface area contributed by atoms with Crippen molar-refractivity contribution in [2.75, 3.05) is 0 Å². The zero-order valence-corrected chi connectivity index (χ0v) is 17.2. The normalized spacial score (nSPS) is 21.8. The van der Waals surface area contributed by atoms with Gasteiger partial charge in [0.1, 0.15) is 0 Å². The van der Waals surface area contributed by atoms with Crippen LogP contribution in [0.5, 0.6) is 0 Å².